The maximum atomic E-state index is 12.3. The summed E-state index contributed by atoms with van der Waals surface area (Å²) in [5.74, 6) is 0.247. The van der Waals surface area contributed by atoms with Crippen molar-refractivity contribution in [2.75, 3.05) is 0 Å². The normalized spacial score (nSPS) is 11.1. The van der Waals surface area contributed by atoms with Crippen molar-refractivity contribution in [3.63, 3.8) is 0 Å². The highest BCUT2D eigenvalue weighted by Gasteiger charge is 2.15. The second kappa shape index (κ2) is 6.12. The highest BCUT2D eigenvalue weighted by atomic mass is 32.2. The molecule has 0 N–H and O–H groups in total. The van der Waals surface area contributed by atoms with E-state index in [0.29, 0.717) is 16.7 Å². The maximum Gasteiger partial charge on any atom is 0.332 e. The number of rotatable bonds is 3. The quantitative estimate of drug-likeness (QED) is 0.715. The Bertz CT molecular complexity index is 1040. The fourth-order valence-electron chi connectivity index (χ4n) is 2.40. The SMILES string of the molecule is Cc1ccc(C(=O)SCn2cnc3c2c(=O)n(C)c(=O)n3C)cc1. The first-order chi connectivity index (χ1) is 11.4. The lowest BCUT2D eigenvalue weighted by molar-refractivity contribution is 0.108. The van der Waals surface area contributed by atoms with Gasteiger partial charge in [-0.05, 0) is 6.92 Å². The molecule has 124 valence electrons. The largest absolute Gasteiger partial charge is 0.332 e. The van der Waals surface area contributed by atoms with Crippen LogP contribution in [0.25, 0.3) is 11.2 Å². The van der Waals surface area contributed by atoms with Crippen molar-refractivity contribution in [2.24, 2.45) is 14.1 Å². The van der Waals surface area contributed by atoms with Gasteiger partial charge in [0.05, 0.1) is 12.2 Å². The average molecular weight is 344 g/mol. The van der Waals surface area contributed by atoms with Crippen molar-refractivity contribution < 1.29 is 4.79 Å². The zero-order valence-corrected chi connectivity index (χ0v) is 14.3. The molecule has 0 unspecified atom stereocenters. The van der Waals surface area contributed by atoms with Crippen molar-refractivity contribution >= 4 is 28.0 Å². The van der Waals surface area contributed by atoms with Crippen LogP contribution in [0.5, 0.6) is 0 Å². The topological polar surface area (TPSA) is 78.9 Å². The lowest BCUT2D eigenvalue weighted by atomic mass is 10.2. The first-order valence-corrected chi connectivity index (χ1v) is 8.23. The number of benzene rings is 1. The molecule has 7 nitrogen and oxygen atoms in total. The summed E-state index contributed by atoms with van der Waals surface area (Å²) in [4.78, 5) is 40.6. The number of hydrogen-bond acceptors (Lipinski definition) is 5. The minimum Gasteiger partial charge on any atom is -0.314 e. The summed E-state index contributed by atoms with van der Waals surface area (Å²) in [6.45, 7) is 1.96. The van der Waals surface area contributed by atoms with Crippen LogP contribution in [0.1, 0.15) is 15.9 Å². The molecule has 0 spiro atoms. The summed E-state index contributed by atoms with van der Waals surface area (Å²) in [5, 5.41) is -0.0847. The van der Waals surface area contributed by atoms with Gasteiger partial charge in [-0.1, -0.05) is 41.6 Å². The van der Waals surface area contributed by atoms with Gasteiger partial charge in [0.25, 0.3) is 5.56 Å². The predicted molar refractivity (Wildman–Crippen MR) is 93.3 cm³/mol. The first kappa shape index (κ1) is 16.3. The lowest BCUT2D eigenvalue weighted by Crippen LogP contribution is -2.37. The molecule has 24 heavy (non-hydrogen) atoms. The molecule has 0 aliphatic carbocycles. The number of imidazole rings is 1. The Morgan fingerprint density at radius 2 is 1.79 bits per heavy atom. The van der Waals surface area contributed by atoms with Crippen molar-refractivity contribution in [1.82, 2.24) is 18.7 Å². The smallest absolute Gasteiger partial charge is 0.314 e. The van der Waals surface area contributed by atoms with Gasteiger partial charge in [0.1, 0.15) is 0 Å². The van der Waals surface area contributed by atoms with Crippen LogP contribution >= 0.6 is 11.8 Å². The van der Waals surface area contributed by atoms with Gasteiger partial charge < -0.3 is 4.57 Å². The van der Waals surface area contributed by atoms with Crippen LogP contribution in [0.4, 0.5) is 0 Å². The molecule has 3 aromatic rings. The predicted octanol–water partition coefficient (Wildman–Crippen LogP) is 1.27. The highest BCUT2D eigenvalue weighted by Crippen LogP contribution is 2.17. The summed E-state index contributed by atoms with van der Waals surface area (Å²) in [7, 11) is 2.98. The van der Waals surface area contributed by atoms with E-state index in [1.807, 2.05) is 19.1 Å². The van der Waals surface area contributed by atoms with E-state index in [-0.39, 0.29) is 11.0 Å². The first-order valence-electron chi connectivity index (χ1n) is 7.25. The number of aromatic nitrogens is 4. The zero-order valence-electron chi connectivity index (χ0n) is 13.5. The van der Waals surface area contributed by atoms with Crippen LogP contribution < -0.4 is 11.2 Å². The minimum absolute atomic E-state index is 0.0847. The van der Waals surface area contributed by atoms with Gasteiger partial charge in [-0.2, -0.15) is 0 Å². The van der Waals surface area contributed by atoms with Gasteiger partial charge >= 0.3 is 5.69 Å². The van der Waals surface area contributed by atoms with Gasteiger partial charge in [-0.3, -0.25) is 18.7 Å². The van der Waals surface area contributed by atoms with E-state index in [1.54, 1.807) is 23.7 Å². The van der Waals surface area contributed by atoms with Gasteiger partial charge in [-0.15, -0.1) is 0 Å². The van der Waals surface area contributed by atoms with Crippen LogP contribution in [-0.4, -0.2) is 23.8 Å². The summed E-state index contributed by atoms with van der Waals surface area (Å²) in [6.07, 6.45) is 1.47. The van der Waals surface area contributed by atoms with Gasteiger partial charge in [0.2, 0.25) is 5.12 Å². The fraction of sp³-hybridized carbons (Fsp3) is 0.250. The van der Waals surface area contributed by atoms with E-state index in [4.69, 9.17) is 0 Å². The lowest BCUT2D eigenvalue weighted by Gasteiger charge is -2.06. The molecule has 0 atom stereocenters. The van der Waals surface area contributed by atoms with E-state index in [2.05, 4.69) is 4.98 Å². The molecule has 0 amide bonds. The Morgan fingerprint density at radius 1 is 1.12 bits per heavy atom. The molecule has 8 heteroatoms. The Hall–Kier alpha value is -2.61. The van der Waals surface area contributed by atoms with E-state index >= 15 is 0 Å². The zero-order chi connectivity index (χ0) is 17.4. The molecule has 0 saturated heterocycles. The third-order valence-corrected chi connectivity index (χ3v) is 4.74. The van der Waals surface area contributed by atoms with E-state index in [9.17, 15) is 14.4 Å². The van der Waals surface area contributed by atoms with Crippen molar-refractivity contribution in [1.29, 1.82) is 0 Å². The number of hydrogen-bond donors (Lipinski definition) is 0. The highest BCUT2D eigenvalue weighted by molar-refractivity contribution is 8.13. The van der Waals surface area contributed by atoms with Gasteiger partial charge in [0.15, 0.2) is 11.2 Å². The van der Waals surface area contributed by atoms with Crippen LogP contribution in [-0.2, 0) is 20.0 Å². The van der Waals surface area contributed by atoms with Crippen LogP contribution in [0.2, 0.25) is 0 Å². The average Bonchev–Trinajstić information content (AvgIpc) is 3.00. The van der Waals surface area contributed by atoms with E-state index < -0.39 is 11.2 Å². The summed E-state index contributed by atoms with van der Waals surface area (Å²) in [5.41, 5.74) is 1.46. The van der Waals surface area contributed by atoms with E-state index in [0.717, 1.165) is 21.9 Å². The third-order valence-electron chi connectivity index (χ3n) is 3.84. The number of aryl methyl sites for hydroxylation is 2. The monoisotopic (exact) mass is 344 g/mol. The van der Waals surface area contributed by atoms with Crippen LogP contribution in [0.3, 0.4) is 0 Å². The number of carbonyl (C=O) groups is 1. The molecule has 2 aromatic heterocycles. The van der Waals surface area contributed by atoms with Gasteiger partial charge in [-0.25, -0.2) is 9.78 Å². The molecule has 3 rings (SSSR count). The maximum absolute atomic E-state index is 12.3. The molecule has 0 saturated carbocycles. The van der Waals surface area contributed by atoms with Crippen LogP contribution in [0, 0.1) is 6.92 Å². The van der Waals surface area contributed by atoms with Crippen molar-refractivity contribution in [3.8, 4) is 0 Å². The van der Waals surface area contributed by atoms with Gasteiger partial charge in [0, 0.05) is 19.7 Å². The summed E-state index contributed by atoms with van der Waals surface area (Å²) in [6, 6.07) is 7.32. The third kappa shape index (κ3) is 2.69. The second-order valence-electron chi connectivity index (χ2n) is 5.52. The minimum atomic E-state index is -0.430. The Labute approximate surface area is 141 Å². The standard InChI is InChI=1S/C16H16N4O3S/c1-10-4-6-11(7-5-10)15(22)24-9-20-8-17-13-12(20)14(21)19(3)16(23)18(13)2/h4-8H,9H2,1-3H3. The molecule has 0 aliphatic rings. The molecule has 0 radical (unpaired) electrons. The number of fused-ring (bicyclic) bond motifs is 1. The van der Waals surface area contributed by atoms with E-state index in [1.165, 1.54) is 17.9 Å². The molecular formula is C16H16N4O3S. The number of carbonyl (C=O) groups excluding carboxylic acids is 1. The summed E-state index contributed by atoms with van der Waals surface area (Å²) >= 11 is 1.08. The molecular weight excluding hydrogens is 328 g/mol. The Balaban J connectivity index is 1.91. The Morgan fingerprint density at radius 3 is 2.46 bits per heavy atom. The second-order valence-corrected chi connectivity index (χ2v) is 6.44. The van der Waals surface area contributed by atoms with Crippen LogP contribution in [0.15, 0.2) is 40.2 Å². The Kier molecular flexibility index (Phi) is 4.15. The number of nitrogens with zero attached hydrogens (tertiary/aromatic N) is 4. The molecule has 1 aromatic carbocycles. The van der Waals surface area contributed by atoms with Crippen molar-refractivity contribution in [2.45, 2.75) is 12.8 Å². The summed E-state index contributed by atoms with van der Waals surface area (Å²) < 4.78 is 3.94. The fourth-order valence-corrected chi connectivity index (χ4v) is 3.15. The molecule has 0 aliphatic heterocycles. The molecule has 0 fully saturated rings. The number of thioether (sulfide) groups is 1. The molecule has 2 heterocycles. The molecule has 0 bridgehead atoms. The van der Waals surface area contributed by atoms with Crippen molar-refractivity contribution in [3.05, 3.63) is 62.6 Å².